The van der Waals surface area contributed by atoms with Crippen LogP contribution in [0, 0.1) is 5.82 Å². The summed E-state index contributed by atoms with van der Waals surface area (Å²) in [5, 5.41) is 3.78. The molecule has 0 amide bonds. The van der Waals surface area contributed by atoms with Gasteiger partial charge < -0.3 is 4.74 Å². The molecule has 1 aromatic carbocycles. The second-order valence-electron chi connectivity index (χ2n) is 3.56. The van der Waals surface area contributed by atoms with Crippen LogP contribution in [0.3, 0.4) is 0 Å². The van der Waals surface area contributed by atoms with E-state index in [2.05, 4.69) is 25.8 Å². The summed E-state index contributed by atoms with van der Waals surface area (Å²) in [5.74, 6) is -1.40. The van der Waals surface area contributed by atoms with Gasteiger partial charge in [-0.15, -0.1) is 0 Å². The van der Waals surface area contributed by atoms with E-state index in [4.69, 9.17) is 0 Å². The van der Waals surface area contributed by atoms with Crippen LogP contribution in [0.25, 0.3) is 5.69 Å². The highest BCUT2D eigenvalue weighted by atomic mass is 79.9. The van der Waals surface area contributed by atoms with Crippen LogP contribution in [0.1, 0.15) is 10.5 Å². The number of halogens is 2. The molecule has 1 heterocycles. The van der Waals surface area contributed by atoms with Gasteiger partial charge in [-0.2, -0.15) is 5.10 Å². The van der Waals surface area contributed by atoms with Gasteiger partial charge in [0.15, 0.2) is 0 Å². The van der Waals surface area contributed by atoms with Gasteiger partial charge in [-0.05, 0) is 18.2 Å². The molecule has 2 aromatic rings. The maximum absolute atomic E-state index is 13.8. The number of hydrogen-bond donors (Lipinski definition) is 0. The first kappa shape index (κ1) is 13.4. The normalized spacial score (nSPS) is 10.3. The Morgan fingerprint density at radius 3 is 2.79 bits per heavy atom. The lowest BCUT2D eigenvalue weighted by atomic mass is 10.3. The van der Waals surface area contributed by atoms with Gasteiger partial charge in [0.2, 0.25) is 11.1 Å². The van der Waals surface area contributed by atoms with Crippen molar-refractivity contribution in [1.29, 1.82) is 0 Å². The predicted molar refractivity (Wildman–Crippen MR) is 68.8 cm³/mol. The number of aromatic nitrogens is 2. The second kappa shape index (κ2) is 5.31. The van der Waals surface area contributed by atoms with Crippen molar-refractivity contribution < 1.29 is 13.9 Å². The molecule has 98 valence electrons. The minimum Gasteiger partial charge on any atom is -0.464 e. The fourth-order valence-electron chi connectivity index (χ4n) is 1.45. The molecule has 0 unspecified atom stereocenters. The first-order valence-electron chi connectivity index (χ1n) is 5.16. The van der Waals surface area contributed by atoms with Crippen LogP contribution in [-0.4, -0.2) is 22.9 Å². The molecule has 5 nitrogen and oxygen atoms in total. The Morgan fingerprint density at radius 2 is 2.16 bits per heavy atom. The molecule has 0 aliphatic carbocycles. The number of benzene rings is 1. The molecule has 0 fully saturated rings. The average Bonchev–Trinajstić information content (AvgIpc) is 2.39. The Bertz CT molecular complexity index is 700. The molecule has 0 N–H and O–H groups in total. The summed E-state index contributed by atoms with van der Waals surface area (Å²) in [7, 11) is 1.14. The molecule has 0 aliphatic heterocycles. The van der Waals surface area contributed by atoms with Gasteiger partial charge in [0, 0.05) is 16.7 Å². The molecule has 0 bridgehead atoms. The number of ether oxygens (including phenoxy) is 1. The Hall–Kier alpha value is -2.02. The van der Waals surface area contributed by atoms with E-state index in [1.54, 1.807) is 6.07 Å². The van der Waals surface area contributed by atoms with E-state index < -0.39 is 22.9 Å². The SMILES string of the molecule is COC(=O)c1nn(-c2ccc(Br)cc2F)ccc1=O. The predicted octanol–water partition coefficient (Wildman–Crippen LogP) is 1.92. The lowest BCUT2D eigenvalue weighted by Crippen LogP contribution is -2.21. The fraction of sp³-hybridized carbons (Fsp3) is 0.0833. The molecular formula is C12H8BrFN2O3. The number of carbonyl (C=O) groups excluding carboxylic acids is 1. The molecule has 0 aliphatic rings. The van der Waals surface area contributed by atoms with E-state index in [1.165, 1.54) is 18.3 Å². The summed E-state index contributed by atoms with van der Waals surface area (Å²) in [6, 6.07) is 5.47. The van der Waals surface area contributed by atoms with Crippen molar-refractivity contribution in [1.82, 2.24) is 9.78 Å². The minimum absolute atomic E-state index is 0.119. The summed E-state index contributed by atoms with van der Waals surface area (Å²) in [5.41, 5.74) is -0.860. The molecule has 0 radical (unpaired) electrons. The Labute approximate surface area is 115 Å². The molecule has 7 heteroatoms. The largest absolute Gasteiger partial charge is 0.464 e. The van der Waals surface area contributed by atoms with Crippen LogP contribution < -0.4 is 5.43 Å². The first-order chi connectivity index (χ1) is 9.02. The number of nitrogens with zero attached hydrogens (tertiary/aromatic N) is 2. The molecule has 1 aromatic heterocycles. The van der Waals surface area contributed by atoms with E-state index in [0.29, 0.717) is 4.47 Å². The van der Waals surface area contributed by atoms with Crippen LogP contribution in [-0.2, 0) is 4.74 Å². The number of hydrogen-bond acceptors (Lipinski definition) is 4. The molecule has 19 heavy (non-hydrogen) atoms. The van der Waals surface area contributed by atoms with E-state index in [0.717, 1.165) is 17.9 Å². The van der Waals surface area contributed by atoms with E-state index in [1.807, 2.05) is 0 Å². The average molecular weight is 327 g/mol. The van der Waals surface area contributed by atoms with Crippen molar-refractivity contribution in [3.8, 4) is 5.69 Å². The summed E-state index contributed by atoms with van der Waals surface area (Å²) in [6.45, 7) is 0. The standard InChI is InChI=1S/C12H8BrFN2O3/c1-19-12(18)11-10(17)4-5-16(15-11)9-3-2-7(13)6-8(9)14/h2-6H,1H3. The number of carbonyl (C=O) groups is 1. The van der Waals surface area contributed by atoms with Crippen molar-refractivity contribution in [2.75, 3.05) is 7.11 Å². The monoisotopic (exact) mass is 326 g/mol. The van der Waals surface area contributed by atoms with Crippen LogP contribution in [0.5, 0.6) is 0 Å². The van der Waals surface area contributed by atoms with Crippen molar-refractivity contribution in [3.05, 3.63) is 56.7 Å². The van der Waals surface area contributed by atoms with Crippen molar-refractivity contribution in [2.24, 2.45) is 0 Å². The van der Waals surface area contributed by atoms with Gasteiger partial charge in [0.25, 0.3) is 0 Å². The zero-order valence-electron chi connectivity index (χ0n) is 9.76. The van der Waals surface area contributed by atoms with Gasteiger partial charge in [-0.1, -0.05) is 15.9 Å². The molecule has 0 spiro atoms. The topological polar surface area (TPSA) is 61.2 Å². The third kappa shape index (κ3) is 2.70. The van der Waals surface area contributed by atoms with Crippen molar-refractivity contribution in [2.45, 2.75) is 0 Å². The van der Waals surface area contributed by atoms with Gasteiger partial charge in [0.05, 0.1) is 7.11 Å². The molecule has 2 rings (SSSR count). The summed E-state index contributed by atoms with van der Waals surface area (Å²) >= 11 is 3.14. The van der Waals surface area contributed by atoms with Crippen LogP contribution in [0.15, 0.2) is 39.7 Å². The van der Waals surface area contributed by atoms with Gasteiger partial charge in [-0.3, -0.25) is 4.79 Å². The Morgan fingerprint density at radius 1 is 1.42 bits per heavy atom. The number of esters is 1. The van der Waals surface area contributed by atoms with Crippen LogP contribution in [0.2, 0.25) is 0 Å². The highest BCUT2D eigenvalue weighted by Crippen LogP contribution is 2.17. The molecular weight excluding hydrogens is 319 g/mol. The lowest BCUT2D eigenvalue weighted by molar-refractivity contribution is 0.0590. The zero-order valence-corrected chi connectivity index (χ0v) is 11.3. The highest BCUT2D eigenvalue weighted by molar-refractivity contribution is 9.10. The van der Waals surface area contributed by atoms with Gasteiger partial charge >= 0.3 is 5.97 Å². The first-order valence-corrected chi connectivity index (χ1v) is 5.96. The lowest BCUT2D eigenvalue weighted by Gasteiger charge is -2.07. The third-order valence-corrected chi connectivity index (χ3v) is 2.84. The third-order valence-electron chi connectivity index (χ3n) is 2.34. The van der Waals surface area contributed by atoms with Crippen molar-refractivity contribution in [3.63, 3.8) is 0 Å². The van der Waals surface area contributed by atoms with Gasteiger partial charge in [-0.25, -0.2) is 13.9 Å². The van der Waals surface area contributed by atoms with Crippen molar-refractivity contribution >= 4 is 21.9 Å². The summed E-state index contributed by atoms with van der Waals surface area (Å²) in [6.07, 6.45) is 1.28. The van der Waals surface area contributed by atoms with E-state index in [-0.39, 0.29) is 5.69 Å². The van der Waals surface area contributed by atoms with E-state index >= 15 is 0 Å². The van der Waals surface area contributed by atoms with E-state index in [9.17, 15) is 14.0 Å². The maximum atomic E-state index is 13.8. The second-order valence-corrected chi connectivity index (χ2v) is 4.48. The molecule has 0 atom stereocenters. The smallest absolute Gasteiger partial charge is 0.362 e. The number of rotatable bonds is 2. The van der Waals surface area contributed by atoms with Crippen LogP contribution >= 0.6 is 15.9 Å². The zero-order chi connectivity index (χ0) is 14.0. The number of methoxy groups -OCH3 is 1. The Kier molecular flexibility index (Phi) is 3.75. The quantitative estimate of drug-likeness (QED) is 0.791. The highest BCUT2D eigenvalue weighted by Gasteiger charge is 2.14. The minimum atomic E-state index is -0.864. The maximum Gasteiger partial charge on any atom is 0.362 e. The molecule has 0 saturated heterocycles. The Balaban J connectivity index is 2.57. The summed E-state index contributed by atoms with van der Waals surface area (Å²) in [4.78, 5) is 22.8. The van der Waals surface area contributed by atoms with Crippen LogP contribution in [0.4, 0.5) is 4.39 Å². The summed E-state index contributed by atoms with van der Waals surface area (Å²) < 4.78 is 19.9. The fourth-order valence-corrected chi connectivity index (χ4v) is 1.78. The molecule has 0 saturated carbocycles. The van der Waals surface area contributed by atoms with Gasteiger partial charge in [0.1, 0.15) is 11.5 Å².